The highest BCUT2D eigenvalue weighted by Crippen LogP contribution is 2.28. The van der Waals surface area contributed by atoms with Gasteiger partial charge in [0.2, 0.25) is 15.9 Å². The second kappa shape index (κ2) is 8.41. The van der Waals surface area contributed by atoms with E-state index in [2.05, 4.69) is 26.1 Å². The van der Waals surface area contributed by atoms with Gasteiger partial charge in [-0.05, 0) is 41.3 Å². The van der Waals surface area contributed by atoms with E-state index in [9.17, 15) is 13.2 Å². The van der Waals surface area contributed by atoms with Gasteiger partial charge in [0, 0.05) is 5.69 Å². The van der Waals surface area contributed by atoms with Gasteiger partial charge in [0.15, 0.2) is 0 Å². The molecule has 0 bridgehead atoms. The summed E-state index contributed by atoms with van der Waals surface area (Å²) in [6.45, 7) is 5.87. The molecular formula is C20H25ClN2O4S. The Balaban J connectivity index is 2.21. The number of anilines is 2. The molecule has 0 unspecified atom stereocenters. The molecule has 8 heteroatoms. The third-order valence-corrected chi connectivity index (χ3v) is 5.58. The van der Waals surface area contributed by atoms with Gasteiger partial charge in [-0.1, -0.05) is 44.5 Å². The largest absolute Gasteiger partial charge is 0.495 e. The summed E-state index contributed by atoms with van der Waals surface area (Å²) in [6, 6.07) is 12.0. The highest BCUT2D eigenvalue weighted by atomic mass is 35.5. The third-order valence-electron chi connectivity index (χ3n) is 4.14. The fourth-order valence-corrected chi connectivity index (χ4v) is 3.72. The van der Waals surface area contributed by atoms with Crippen LogP contribution in [-0.4, -0.2) is 34.2 Å². The van der Waals surface area contributed by atoms with E-state index in [1.54, 1.807) is 30.3 Å². The lowest BCUT2D eigenvalue weighted by Crippen LogP contribution is -2.37. The van der Waals surface area contributed by atoms with Gasteiger partial charge in [0.25, 0.3) is 0 Å². The van der Waals surface area contributed by atoms with Crippen LogP contribution in [0.2, 0.25) is 5.02 Å². The average molecular weight is 425 g/mol. The van der Waals surface area contributed by atoms with Crippen molar-refractivity contribution in [2.24, 2.45) is 0 Å². The lowest BCUT2D eigenvalue weighted by molar-refractivity contribution is -0.114. The summed E-state index contributed by atoms with van der Waals surface area (Å²) in [5, 5.41) is 3.00. The van der Waals surface area contributed by atoms with Crippen LogP contribution in [0.15, 0.2) is 42.5 Å². The van der Waals surface area contributed by atoms with Crippen molar-refractivity contribution in [2.45, 2.75) is 26.2 Å². The Morgan fingerprint density at radius 2 is 1.75 bits per heavy atom. The number of carbonyl (C=O) groups is 1. The van der Waals surface area contributed by atoms with Gasteiger partial charge >= 0.3 is 0 Å². The normalized spacial score (nSPS) is 11.8. The number of nitrogens with one attached hydrogen (secondary N) is 1. The van der Waals surface area contributed by atoms with Crippen LogP contribution in [0.5, 0.6) is 5.75 Å². The first-order valence-corrected chi connectivity index (χ1v) is 10.9. The van der Waals surface area contributed by atoms with Gasteiger partial charge in [0.05, 0.1) is 24.1 Å². The summed E-state index contributed by atoms with van der Waals surface area (Å²) in [6.07, 6.45) is 1.07. The van der Waals surface area contributed by atoms with E-state index < -0.39 is 15.9 Å². The molecule has 0 radical (unpaired) electrons. The molecule has 0 fully saturated rings. The molecule has 1 amide bonds. The molecule has 0 aliphatic rings. The Kier molecular flexibility index (Phi) is 6.62. The first-order chi connectivity index (χ1) is 12.9. The molecule has 1 N–H and O–H groups in total. The third kappa shape index (κ3) is 5.62. The molecule has 2 rings (SSSR count). The first-order valence-electron chi connectivity index (χ1n) is 8.63. The molecule has 28 heavy (non-hydrogen) atoms. The molecule has 6 nitrogen and oxygen atoms in total. The number of carbonyl (C=O) groups excluding carboxylic acids is 1. The summed E-state index contributed by atoms with van der Waals surface area (Å²) in [5.74, 6) is 0.00271. The van der Waals surface area contributed by atoms with Crippen LogP contribution >= 0.6 is 11.6 Å². The van der Waals surface area contributed by atoms with Crippen LogP contribution in [0.1, 0.15) is 26.3 Å². The minimum absolute atomic E-state index is 0.0561. The second-order valence-electron chi connectivity index (χ2n) is 7.46. The number of amides is 1. The monoisotopic (exact) mass is 424 g/mol. The number of hydrogen-bond donors (Lipinski definition) is 1. The van der Waals surface area contributed by atoms with Crippen molar-refractivity contribution < 1.29 is 17.9 Å². The molecule has 2 aromatic carbocycles. The number of methoxy groups -OCH3 is 1. The number of halogens is 1. The van der Waals surface area contributed by atoms with Crippen LogP contribution in [-0.2, 0) is 20.2 Å². The summed E-state index contributed by atoms with van der Waals surface area (Å²) >= 11 is 6.06. The molecule has 0 atom stereocenters. The van der Waals surface area contributed by atoms with E-state index in [0.29, 0.717) is 22.1 Å². The molecule has 0 aliphatic heterocycles. The van der Waals surface area contributed by atoms with E-state index in [1.165, 1.54) is 7.11 Å². The molecule has 0 heterocycles. The molecule has 0 saturated heterocycles. The molecular weight excluding hydrogens is 400 g/mol. The van der Waals surface area contributed by atoms with Crippen LogP contribution in [0.3, 0.4) is 0 Å². The van der Waals surface area contributed by atoms with Crippen molar-refractivity contribution in [3.8, 4) is 5.75 Å². The smallest absolute Gasteiger partial charge is 0.245 e. The number of sulfonamides is 1. The van der Waals surface area contributed by atoms with Gasteiger partial charge < -0.3 is 10.1 Å². The van der Waals surface area contributed by atoms with Crippen molar-refractivity contribution in [3.05, 3.63) is 53.1 Å². The predicted molar refractivity (Wildman–Crippen MR) is 114 cm³/mol. The molecule has 0 saturated carbocycles. The highest BCUT2D eigenvalue weighted by Gasteiger charge is 2.22. The van der Waals surface area contributed by atoms with Gasteiger partial charge in [-0.15, -0.1) is 0 Å². The fourth-order valence-electron chi connectivity index (χ4n) is 2.60. The summed E-state index contributed by atoms with van der Waals surface area (Å²) in [5.41, 5.74) is 1.90. The molecule has 2 aromatic rings. The highest BCUT2D eigenvalue weighted by molar-refractivity contribution is 7.92. The quantitative estimate of drug-likeness (QED) is 0.758. The Morgan fingerprint density at radius 3 is 2.21 bits per heavy atom. The summed E-state index contributed by atoms with van der Waals surface area (Å²) in [4.78, 5) is 12.4. The predicted octanol–water partition coefficient (Wildman–Crippen LogP) is 4.05. The summed E-state index contributed by atoms with van der Waals surface area (Å²) < 4.78 is 30.6. The van der Waals surface area contributed by atoms with Crippen LogP contribution < -0.4 is 14.4 Å². The number of benzene rings is 2. The zero-order valence-corrected chi connectivity index (χ0v) is 18.2. The number of ether oxygens (including phenoxy) is 1. The van der Waals surface area contributed by atoms with Crippen molar-refractivity contribution in [3.63, 3.8) is 0 Å². The van der Waals surface area contributed by atoms with Gasteiger partial charge in [0.1, 0.15) is 12.3 Å². The zero-order chi connectivity index (χ0) is 21.1. The molecule has 0 spiro atoms. The van der Waals surface area contributed by atoms with Crippen molar-refractivity contribution in [1.29, 1.82) is 0 Å². The number of rotatable bonds is 6. The number of hydrogen-bond acceptors (Lipinski definition) is 4. The van der Waals surface area contributed by atoms with Gasteiger partial charge in [-0.3, -0.25) is 9.10 Å². The van der Waals surface area contributed by atoms with Crippen molar-refractivity contribution in [2.75, 3.05) is 29.5 Å². The van der Waals surface area contributed by atoms with E-state index in [4.69, 9.17) is 16.3 Å². The topological polar surface area (TPSA) is 75.7 Å². The SMILES string of the molecule is COc1ccc(NC(=O)CN(c2ccc(C(C)(C)C)cc2)S(C)(=O)=O)cc1Cl. The molecule has 0 aromatic heterocycles. The Labute approximate surface area is 171 Å². The van der Waals surface area contributed by atoms with Crippen molar-refractivity contribution in [1.82, 2.24) is 0 Å². The second-order valence-corrected chi connectivity index (χ2v) is 9.78. The van der Waals surface area contributed by atoms with Gasteiger partial charge in [-0.2, -0.15) is 0 Å². The van der Waals surface area contributed by atoms with Crippen LogP contribution in [0.4, 0.5) is 11.4 Å². The lowest BCUT2D eigenvalue weighted by atomic mass is 9.87. The first kappa shape index (κ1) is 22.0. The van der Waals surface area contributed by atoms with E-state index in [0.717, 1.165) is 16.1 Å². The number of nitrogens with zero attached hydrogens (tertiary/aromatic N) is 1. The minimum Gasteiger partial charge on any atom is -0.495 e. The Bertz CT molecular complexity index is 951. The average Bonchev–Trinajstić information content (AvgIpc) is 2.58. The standard InChI is InChI=1S/C20H25ClN2O4S/c1-20(2,3)14-6-9-16(10-7-14)23(28(5,25)26)13-19(24)22-15-8-11-18(27-4)17(21)12-15/h6-12H,13H2,1-5H3,(H,22,24). The molecule has 152 valence electrons. The van der Waals surface area contributed by atoms with Crippen LogP contribution in [0.25, 0.3) is 0 Å². The van der Waals surface area contributed by atoms with E-state index in [1.807, 2.05) is 12.1 Å². The zero-order valence-electron chi connectivity index (χ0n) is 16.6. The Morgan fingerprint density at radius 1 is 1.14 bits per heavy atom. The maximum Gasteiger partial charge on any atom is 0.245 e. The van der Waals surface area contributed by atoms with Gasteiger partial charge in [-0.25, -0.2) is 8.42 Å². The van der Waals surface area contributed by atoms with E-state index >= 15 is 0 Å². The lowest BCUT2D eigenvalue weighted by Gasteiger charge is -2.24. The van der Waals surface area contributed by atoms with Crippen LogP contribution in [0, 0.1) is 0 Å². The summed E-state index contributed by atoms with van der Waals surface area (Å²) in [7, 11) is -2.15. The maximum atomic E-state index is 12.4. The van der Waals surface area contributed by atoms with E-state index in [-0.39, 0.29) is 12.0 Å². The maximum absolute atomic E-state index is 12.4. The van der Waals surface area contributed by atoms with Crippen molar-refractivity contribution >= 4 is 38.9 Å². The molecule has 0 aliphatic carbocycles. The Hall–Kier alpha value is -2.25. The fraction of sp³-hybridized carbons (Fsp3) is 0.350. The minimum atomic E-state index is -3.65.